The largest absolute Gasteiger partial charge is 0.497 e. The van der Waals surface area contributed by atoms with Gasteiger partial charge in [0.05, 0.1) is 32.9 Å². The predicted octanol–water partition coefficient (Wildman–Crippen LogP) is 3.88. The van der Waals surface area contributed by atoms with Gasteiger partial charge in [-0.05, 0) is 48.6 Å². The van der Waals surface area contributed by atoms with E-state index in [1.165, 1.54) is 18.5 Å². The second-order valence-electron chi connectivity index (χ2n) is 8.32. The van der Waals surface area contributed by atoms with Crippen LogP contribution >= 0.6 is 0 Å². The van der Waals surface area contributed by atoms with Crippen molar-refractivity contribution in [2.75, 3.05) is 39.7 Å². The molecular formula is C24H32N2O6S. The molecule has 0 radical (unpaired) electrons. The van der Waals surface area contributed by atoms with Crippen molar-refractivity contribution in [2.24, 2.45) is 5.92 Å². The van der Waals surface area contributed by atoms with E-state index in [0.717, 1.165) is 5.56 Å². The number of sulfonamides is 1. The minimum Gasteiger partial charge on any atom is -0.497 e. The monoisotopic (exact) mass is 476 g/mol. The maximum atomic E-state index is 13.5. The third-order valence-corrected chi connectivity index (χ3v) is 7.78. The maximum absolute atomic E-state index is 13.5. The van der Waals surface area contributed by atoms with Gasteiger partial charge in [-0.1, -0.05) is 19.9 Å². The molecule has 1 fully saturated rings. The molecule has 2 aromatic rings. The highest BCUT2D eigenvalue weighted by Crippen LogP contribution is 2.34. The lowest BCUT2D eigenvalue weighted by molar-refractivity contribution is -0.120. The van der Waals surface area contributed by atoms with E-state index < -0.39 is 15.9 Å². The zero-order valence-corrected chi connectivity index (χ0v) is 20.6. The van der Waals surface area contributed by atoms with Crippen LogP contribution in [0, 0.1) is 5.92 Å². The third kappa shape index (κ3) is 5.42. The number of methoxy groups -OCH3 is 3. The summed E-state index contributed by atoms with van der Waals surface area (Å²) >= 11 is 0. The topological polar surface area (TPSA) is 94.2 Å². The molecule has 1 aliphatic heterocycles. The molecule has 8 nitrogen and oxygen atoms in total. The van der Waals surface area contributed by atoms with Crippen molar-refractivity contribution in [3.8, 4) is 17.2 Å². The summed E-state index contributed by atoms with van der Waals surface area (Å²) in [7, 11) is 0.685. The number of nitrogens with one attached hydrogen (secondary N) is 1. The van der Waals surface area contributed by atoms with Gasteiger partial charge in [-0.3, -0.25) is 4.79 Å². The van der Waals surface area contributed by atoms with Crippen molar-refractivity contribution >= 4 is 21.6 Å². The van der Waals surface area contributed by atoms with Crippen LogP contribution in [0.2, 0.25) is 0 Å². The molecule has 180 valence electrons. The molecular weight excluding hydrogens is 444 g/mol. The van der Waals surface area contributed by atoms with Crippen LogP contribution in [-0.4, -0.2) is 53.0 Å². The lowest BCUT2D eigenvalue weighted by Crippen LogP contribution is -2.43. The van der Waals surface area contributed by atoms with Crippen LogP contribution in [0.15, 0.2) is 41.3 Å². The molecule has 0 bridgehead atoms. The fraction of sp³-hybridized carbons (Fsp3) is 0.458. The Balaban J connectivity index is 1.82. The fourth-order valence-corrected chi connectivity index (χ4v) is 5.62. The average Bonchev–Trinajstić information content (AvgIpc) is 2.83. The van der Waals surface area contributed by atoms with Gasteiger partial charge in [0.2, 0.25) is 15.9 Å². The first-order chi connectivity index (χ1) is 15.7. The van der Waals surface area contributed by atoms with Gasteiger partial charge in [0.25, 0.3) is 0 Å². The number of benzene rings is 2. The first-order valence-corrected chi connectivity index (χ1v) is 12.4. The SMILES string of the molecule is COc1ccc(NC(=O)[C@H]2CCCN(S(=O)(=O)c3cc(C(C)C)ccc3OC)C2)c(OC)c1. The second-order valence-corrected chi connectivity index (χ2v) is 10.2. The summed E-state index contributed by atoms with van der Waals surface area (Å²) in [4.78, 5) is 13.2. The molecule has 33 heavy (non-hydrogen) atoms. The molecule has 1 saturated heterocycles. The molecule has 1 heterocycles. The molecule has 0 aromatic heterocycles. The number of carbonyl (C=O) groups is 1. The number of nitrogens with zero attached hydrogens (tertiary/aromatic N) is 1. The number of ether oxygens (including phenoxy) is 3. The standard InChI is InChI=1S/C24H32N2O6S/c1-16(2)17-8-11-21(31-4)23(13-17)33(28,29)26-12-6-7-18(15-26)24(27)25-20-10-9-19(30-3)14-22(20)32-5/h8-11,13-14,16,18H,6-7,12,15H2,1-5H3,(H,25,27)/t18-/m0/s1. The molecule has 2 aromatic carbocycles. The highest BCUT2D eigenvalue weighted by molar-refractivity contribution is 7.89. The lowest BCUT2D eigenvalue weighted by Gasteiger charge is -2.31. The number of amides is 1. The summed E-state index contributed by atoms with van der Waals surface area (Å²) in [6.45, 7) is 4.47. The Morgan fingerprint density at radius 2 is 1.76 bits per heavy atom. The maximum Gasteiger partial charge on any atom is 0.246 e. The zero-order valence-electron chi connectivity index (χ0n) is 19.8. The van der Waals surface area contributed by atoms with Crippen LogP contribution in [-0.2, 0) is 14.8 Å². The highest BCUT2D eigenvalue weighted by Gasteiger charge is 2.35. The van der Waals surface area contributed by atoms with Crippen molar-refractivity contribution < 1.29 is 27.4 Å². The van der Waals surface area contributed by atoms with Gasteiger partial charge in [-0.25, -0.2) is 8.42 Å². The van der Waals surface area contributed by atoms with E-state index in [1.54, 1.807) is 37.4 Å². The van der Waals surface area contributed by atoms with Gasteiger partial charge in [0.15, 0.2) is 0 Å². The molecule has 1 aliphatic rings. The fourth-order valence-electron chi connectivity index (χ4n) is 3.90. The molecule has 0 unspecified atom stereocenters. The summed E-state index contributed by atoms with van der Waals surface area (Å²) in [5.74, 6) is 0.814. The summed E-state index contributed by atoms with van der Waals surface area (Å²) in [6, 6.07) is 10.3. The Kier molecular flexibility index (Phi) is 7.86. The minimum absolute atomic E-state index is 0.0989. The van der Waals surface area contributed by atoms with E-state index in [0.29, 0.717) is 42.3 Å². The van der Waals surface area contributed by atoms with E-state index in [9.17, 15) is 13.2 Å². The summed E-state index contributed by atoms with van der Waals surface area (Å²) < 4.78 is 44.3. The summed E-state index contributed by atoms with van der Waals surface area (Å²) in [5, 5.41) is 2.88. The first kappa shape index (κ1) is 24.9. The zero-order chi connectivity index (χ0) is 24.2. The summed E-state index contributed by atoms with van der Waals surface area (Å²) in [6.07, 6.45) is 1.18. The Morgan fingerprint density at radius 3 is 2.39 bits per heavy atom. The van der Waals surface area contributed by atoms with Gasteiger partial charge in [-0.15, -0.1) is 0 Å². The van der Waals surface area contributed by atoms with E-state index in [2.05, 4.69) is 5.32 Å². The Morgan fingerprint density at radius 1 is 1.03 bits per heavy atom. The van der Waals surface area contributed by atoms with E-state index in [1.807, 2.05) is 19.9 Å². The van der Waals surface area contributed by atoms with Gasteiger partial charge in [-0.2, -0.15) is 4.31 Å². The molecule has 9 heteroatoms. The number of carbonyl (C=O) groups excluding carboxylic acids is 1. The van der Waals surface area contributed by atoms with E-state index in [-0.39, 0.29) is 23.3 Å². The summed E-state index contributed by atoms with van der Waals surface area (Å²) in [5.41, 5.74) is 1.42. The van der Waals surface area contributed by atoms with E-state index >= 15 is 0 Å². The molecule has 3 rings (SSSR count). The van der Waals surface area contributed by atoms with Crippen molar-refractivity contribution in [2.45, 2.75) is 37.5 Å². The van der Waals surface area contributed by atoms with Crippen LogP contribution < -0.4 is 19.5 Å². The number of hydrogen-bond acceptors (Lipinski definition) is 6. The molecule has 1 amide bonds. The van der Waals surface area contributed by atoms with Crippen LogP contribution in [0.4, 0.5) is 5.69 Å². The Labute approximate surface area is 195 Å². The van der Waals surface area contributed by atoms with E-state index in [4.69, 9.17) is 14.2 Å². The molecule has 1 N–H and O–H groups in total. The first-order valence-electron chi connectivity index (χ1n) is 10.9. The smallest absolute Gasteiger partial charge is 0.246 e. The van der Waals surface area contributed by atoms with Crippen LogP contribution in [0.3, 0.4) is 0 Å². The number of anilines is 1. The molecule has 1 atom stereocenters. The quantitative estimate of drug-likeness (QED) is 0.622. The van der Waals surface area contributed by atoms with Gasteiger partial charge >= 0.3 is 0 Å². The molecule has 0 spiro atoms. The predicted molar refractivity (Wildman–Crippen MR) is 127 cm³/mol. The van der Waals surface area contributed by atoms with Crippen molar-refractivity contribution in [3.05, 3.63) is 42.0 Å². The van der Waals surface area contributed by atoms with Gasteiger partial charge < -0.3 is 19.5 Å². The van der Waals surface area contributed by atoms with Gasteiger partial charge in [0, 0.05) is 19.2 Å². The highest BCUT2D eigenvalue weighted by atomic mass is 32.2. The van der Waals surface area contributed by atoms with Crippen LogP contribution in [0.5, 0.6) is 17.2 Å². The van der Waals surface area contributed by atoms with Crippen LogP contribution in [0.1, 0.15) is 38.2 Å². The molecule has 0 aliphatic carbocycles. The average molecular weight is 477 g/mol. The third-order valence-electron chi connectivity index (χ3n) is 5.89. The Hall–Kier alpha value is -2.78. The normalized spacial score (nSPS) is 17.0. The van der Waals surface area contributed by atoms with Crippen molar-refractivity contribution in [1.29, 1.82) is 0 Å². The minimum atomic E-state index is -3.83. The van der Waals surface area contributed by atoms with Crippen molar-refractivity contribution in [3.63, 3.8) is 0 Å². The number of piperidine rings is 1. The van der Waals surface area contributed by atoms with Crippen LogP contribution in [0.25, 0.3) is 0 Å². The second kappa shape index (κ2) is 10.4. The molecule has 0 saturated carbocycles. The number of hydrogen-bond donors (Lipinski definition) is 1. The van der Waals surface area contributed by atoms with Gasteiger partial charge in [0.1, 0.15) is 22.1 Å². The number of rotatable bonds is 8. The Bertz CT molecular complexity index is 1100. The van der Waals surface area contributed by atoms with Crippen molar-refractivity contribution in [1.82, 2.24) is 4.31 Å². The lowest BCUT2D eigenvalue weighted by atomic mass is 9.98.